The lowest BCUT2D eigenvalue weighted by atomic mass is 10.1. The van der Waals surface area contributed by atoms with Gasteiger partial charge in [-0.3, -0.25) is 20.2 Å². The fourth-order valence-electron chi connectivity index (χ4n) is 2.23. The maximum atomic E-state index is 11.2. The molecule has 1 unspecified atom stereocenters. The molecular formula is C11H12N4O6. The number of nitrogens with one attached hydrogen (secondary N) is 1. The van der Waals surface area contributed by atoms with Crippen LogP contribution >= 0.6 is 0 Å². The summed E-state index contributed by atoms with van der Waals surface area (Å²) >= 11 is 0. The van der Waals surface area contributed by atoms with Crippen LogP contribution in [-0.4, -0.2) is 46.6 Å². The van der Waals surface area contributed by atoms with Gasteiger partial charge in [0.15, 0.2) is 0 Å². The number of non-ortho nitro benzene ring substituents is 1. The molecular weight excluding hydrogens is 284 g/mol. The fourth-order valence-corrected chi connectivity index (χ4v) is 2.23. The summed E-state index contributed by atoms with van der Waals surface area (Å²) in [4.78, 5) is 32.9. The number of aliphatic carboxylic acids is 1. The number of benzene rings is 1. The van der Waals surface area contributed by atoms with E-state index in [1.54, 1.807) is 0 Å². The number of nitro benzene ring substituents is 2. The highest BCUT2D eigenvalue weighted by Crippen LogP contribution is 2.33. The van der Waals surface area contributed by atoms with Gasteiger partial charge in [0.1, 0.15) is 11.7 Å². The van der Waals surface area contributed by atoms with Crippen molar-refractivity contribution in [1.82, 2.24) is 5.32 Å². The second-order valence-corrected chi connectivity index (χ2v) is 4.44. The Morgan fingerprint density at radius 1 is 1.33 bits per heavy atom. The molecule has 1 aromatic rings. The molecule has 10 heteroatoms. The number of nitrogens with zero attached hydrogens (tertiary/aromatic N) is 3. The van der Waals surface area contributed by atoms with Gasteiger partial charge in [-0.2, -0.15) is 0 Å². The smallest absolute Gasteiger partial charge is 0.327 e. The molecule has 0 spiro atoms. The first-order chi connectivity index (χ1) is 9.91. The van der Waals surface area contributed by atoms with Crippen LogP contribution in [0.4, 0.5) is 17.1 Å². The van der Waals surface area contributed by atoms with Crippen molar-refractivity contribution in [3.63, 3.8) is 0 Å². The van der Waals surface area contributed by atoms with Gasteiger partial charge in [0.05, 0.1) is 15.9 Å². The topological polar surface area (TPSA) is 139 Å². The number of hydrogen-bond acceptors (Lipinski definition) is 7. The van der Waals surface area contributed by atoms with E-state index in [1.807, 2.05) is 0 Å². The molecule has 1 atom stereocenters. The largest absolute Gasteiger partial charge is 0.480 e. The van der Waals surface area contributed by atoms with E-state index in [-0.39, 0.29) is 18.8 Å². The summed E-state index contributed by atoms with van der Waals surface area (Å²) in [6.45, 7) is 0.872. The van der Waals surface area contributed by atoms with E-state index in [0.29, 0.717) is 6.54 Å². The average Bonchev–Trinajstić information content (AvgIpc) is 2.46. The van der Waals surface area contributed by atoms with Gasteiger partial charge in [-0.15, -0.1) is 0 Å². The quantitative estimate of drug-likeness (QED) is 0.600. The minimum absolute atomic E-state index is 0.0690. The van der Waals surface area contributed by atoms with Crippen molar-refractivity contribution in [2.45, 2.75) is 6.04 Å². The predicted octanol–water partition coefficient (Wildman–Crippen LogP) is 0.366. The first-order valence-electron chi connectivity index (χ1n) is 6.05. The Morgan fingerprint density at radius 2 is 2.05 bits per heavy atom. The summed E-state index contributed by atoms with van der Waals surface area (Å²) in [5.74, 6) is -1.12. The number of carbonyl (C=O) groups is 1. The van der Waals surface area contributed by atoms with E-state index in [0.717, 1.165) is 12.1 Å². The molecule has 0 amide bonds. The normalized spacial score (nSPS) is 18.3. The van der Waals surface area contributed by atoms with Gasteiger partial charge >= 0.3 is 5.97 Å². The average molecular weight is 296 g/mol. The molecule has 0 aliphatic carbocycles. The van der Waals surface area contributed by atoms with E-state index in [2.05, 4.69) is 5.32 Å². The molecule has 1 aliphatic heterocycles. The second-order valence-electron chi connectivity index (χ2n) is 4.44. The van der Waals surface area contributed by atoms with Crippen molar-refractivity contribution in [2.75, 3.05) is 24.5 Å². The molecule has 112 valence electrons. The number of piperazine rings is 1. The molecule has 0 saturated carbocycles. The number of anilines is 1. The molecule has 0 aromatic heterocycles. The SMILES string of the molecule is O=C(O)C1CNCCN1c1ccc([N+](=O)[O-])cc1[N+](=O)[O-]. The van der Waals surface area contributed by atoms with Crippen LogP contribution in [0.3, 0.4) is 0 Å². The van der Waals surface area contributed by atoms with E-state index < -0.39 is 33.2 Å². The summed E-state index contributed by atoms with van der Waals surface area (Å²) in [5.41, 5.74) is -0.815. The van der Waals surface area contributed by atoms with Crippen molar-refractivity contribution < 1.29 is 19.7 Å². The van der Waals surface area contributed by atoms with Crippen LogP contribution in [0.15, 0.2) is 18.2 Å². The van der Waals surface area contributed by atoms with Gasteiger partial charge in [0.2, 0.25) is 0 Å². The van der Waals surface area contributed by atoms with E-state index in [1.165, 1.54) is 11.0 Å². The van der Waals surface area contributed by atoms with Crippen LogP contribution < -0.4 is 10.2 Å². The summed E-state index contributed by atoms with van der Waals surface area (Å²) < 4.78 is 0. The Bertz CT molecular complexity index is 604. The van der Waals surface area contributed by atoms with Gasteiger partial charge < -0.3 is 15.3 Å². The Balaban J connectivity index is 2.48. The van der Waals surface area contributed by atoms with Crippen LogP contribution in [0.25, 0.3) is 0 Å². The van der Waals surface area contributed by atoms with Crippen LogP contribution in [0.2, 0.25) is 0 Å². The van der Waals surface area contributed by atoms with Crippen LogP contribution in [0.1, 0.15) is 0 Å². The Kier molecular flexibility index (Phi) is 3.98. The maximum absolute atomic E-state index is 11.2. The third-order valence-electron chi connectivity index (χ3n) is 3.20. The minimum atomic E-state index is -1.12. The number of rotatable bonds is 4. The molecule has 1 heterocycles. The van der Waals surface area contributed by atoms with Crippen molar-refractivity contribution in [3.05, 3.63) is 38.4 Å². The molecule has 1 aliphatic rings. The molecule has 10 nitrogen and oxygen atoms in total. The fraction of sp³-hybridized carbons (Fsp3) is 0.364. The first-order valence-corrected chi connectivity index (χ1v) is 6.05. The van der Waals surface area contributed by atoms with Crippen molar-refractivity contribution in [3.8, 4) is 0 Å². The maximum Gasteiger partial charge on any atom is 0.327 e. The van der Waals surface area contributed by atoms with Gasteiger partial charge in [-0.1, -0.05) is 0 Å². The summed E-state index contributed by atoms with van der Waals surface area (Å²) in [6.07, 6.45) is 0. The molecule has 2 N–H and O–H groups in total. The zero-order valence-electron chi connectivity index (χ0n) is 10.8. The van der Waals surface area contributed by atoms with Gasteiger partial charge in [0.25, 0.3) is 11.4 Å². The minimum Gasteiger partial charge on any atom is -0.480 e. The summed E-state index contributed by atoms with van der Waals surface area (Å²) in [7, 11) is 0. The van der Waals surface area contributed by atoms with Crippen LogP contribution in [0, 0.1) is 20.2 Å². The molecule has 21 heavy (non-hydrogen) atoms. The lowest BCUT2D eigenvalue weighted by Gasteiger charge is -2.34. The molecule has 2 rings (SSSR count). The zero-order chi connectivity index (χ0) is 15.6. The number of carboxylic acid groups (broad SMARTS) is 1. The molecule has 1 aromatic carbocycles. The van der Waals surface area contributed by atoms with Gasteiger partial charge in [0, 0.05) is 25.7 Å². The van der Waals surface area contributed by atoms with Crippen LogP contribution in [0.5, 0.6) is 0 Å². The predicted molar refractivity (Wildman–Crippen MR) is 71.4 cm³/mol. The highest BCUT2D eigenvalue weighted by Gasteiger charge is 2.33. The van der Waals surface area contributed by atoms with E-state index >= 15 is 0 Å². The monoisotopic (exact) mass is 296 g/mol. The second kappa shape index (κ2) is 5.71. The molecule has 0 bridgehead atoms. The third-order valence-corrected chi connectivity index (χ3v) is 3.20. The van der Waals surface area contributed by atoms with Gasteiger partial charge in [-0.05, 0) is 6.07 Å². The lowest BCUT2D eigenvalue weighted by Crippen LogP contribution is -2.55. The molecule has 0 radical (unpaired) electrons. The Hall–Kier alpha value is -2.75. The highest BCUT2D eigenvalue weighted by atomic mass is 16.6. The highest BCUT2D eigenvalue weighted by molar-refractivity contribution is 5.81. The van der Waals surface area contributed by atoms with E-state index in [9.17, 15) is 30.1 Å². The summed E-state index contributed by atoms with van der Waals surface area (Å²) in [5, 5.41) is 33.9. The number of nitro groups is 2. The third kappa shape index (κ3) is 2.89. The molecule has 1 saturated heterocycles. The zero-order valence-corrected chi connectivity index (χ0v) is 10.8. The number of hydrogen-bond donors (Lipinski definition) is 2. The molecule has 1 fully saturated rings. The van der Waals surface area contributed by atoms with Gasteiger partial charge in [-0.25, -0.2) is 4.79 Å². The number of carboxylic acids is 1. The van der Waals surface area contributed by atoms with Crippen molar-refractivity contribution in [1.29, 1.82) is 0 Å². The standard InChI is InChI=1S/C11H12N4O6/c16-11(17)10-6-12-3-4-13(10)8-2-1-7(14(18)19)5-9(8)15(20)21/h1-2,5,10,12H,3-4,6H2,(H,16,17). The lowest BCUT2D eigenvalue weighted by molar-refractivity contribution is -0.393. The Morgan fingerprint density at radius 3 is 2.62 bits per heavy atom. The Labute approximate surface area is 118 Å². The van der Waals surface area contributed by atoms with Crippen molar-refractivity contribution in [2.24, 2.45) is 0 Å². The van der Waals surface area contributed by atoms with Crippen molar-refractivity contribution >= 4 is 23.0 Å². The first kappa shape index (κ1) is 14.7. The summed E-state index contributed by atoms with van der Waals surface area (Å²) in [6, 6.07) is 2.23. The van der Waals surface area contributed by atoms with E-state index in [4.69, 9.17) is 0 Å². The van der Waals surface area contributed by atoms with Crippen LogP contribution in [-0.2, 0) is 4.79 Å².